The Labute approximate surface area is 65.1 Å². The first kappa shape index (κ1) is 7.88. The van der Waals surface area contributed by atoms with E-state index in [1.54, 1.807) is 18.2 Å². The van der Waals surface area contributed by atoms with Crippen molar-refractivity contribution < 1.29 is 14.9 Å². The van der Waals surface area contributed by atoms with Gasteiger partial charge in [-0.2, -0.15) is 0 Å². The Kier molecular flexibility index (Phi) is 2.74. The Balaban J connectivity index is 2.83. The average Bonchev–Trinajstić information content (AvgIpc) is 2.06. The van der Waals surface area contributed by atoms with Crippen molar-refractivity contribution in [1.82, 2.24) is 0 Å². The molecule has 0 saturated carbocycles. The molecule has 0 fully saturated rings. The summed E-state index contributed by atoms with van der Waals surface area (Å²) in [5, 5.41) is 8.37. The van der Waals surface area contributed by atoms with Gasteiger partial charge in [-0.05, 0) is 19.1 Å². The van der Waals surface area contributed by atoms with Gasteiger partial charge in [0, 0.05) is 0 Å². The van der Waals surface area contributed by atoms with Crippen LogP contribution in [0.1, 0.15) is 6.92 Å². The fraction of sp³-hybridized carbons (Fsp3) is 0.250. The summed E-state index contributed by atoms with van der Waals surface area (Å²) >= 11 is 0. The van der Waals surface area contributed by atoms with Gasteiger partial charge < -0.3 is 9.62 Å². The first-order valence-corrected chi connectivity index (χ1v) is 3.41. The fourth-order valence-corrected chi connectivity index (χ4v) is 0.800. The van der Waals surface area contributed by atoms with Crippen molar-refractivity contribution in [2.75, 3.05) is 6.61 Å². The van der Waals surface area contributed by atoms with Crippen LogP contribution in [0.3, 0.4) is 0 Å². The lowest BCUT2D eigenvalue weighted by atomic mass is 10.3. The van der Waals surface area contributed by atoms with Gasteiger partial charge in [-0.15, -0.1) is 0 Å². The molecule has 0 aliphatic rings. The van der Waals surface area contributed by atoms with Crippen molar-refractivity contribution in [3.05, 3.63) is 24.3 Å². The molecule has 60 valence electrons. The predicted molar refractivity (Wildman–Crippen MR) is 40.9 cm³/mol. The van der Waals surface area contributed by atoms with E-state index in [9.17, 15) is 0 Å². The third-order valence-electron chi connectivity index (χ3n) is 1.25. The Morgan fingerprint density at radius 2 is 1.91 bits per heavy atom. The predicted octanol–water partition coefficient (Wildman–Crippen LogP) is 1.94. The molecule has 0 unspecified atom stereocenters. The lowest BCUT2D eigenvalue weighted by Gasteiger charge is -2.05. The molecule has 0 atom stereocenters. The minimum Gasteiger partial charge on any atom is -0.490 e. The second kappa shape index (κ2) is 3.83. The maximum atomic E-state index is 8.37. The molecule has 3 nitrogen and oxygen atoms in total. The second-order valence-electron chi connectivity index (χ2n) is 1.97. The first-order valence-electron chi connectivity index (χ1n) is 3.41. The number of hydrogen-bond donors (Lipinski definition) is 1. The molecule has 0 aliphatic carbocycles. The minimum absolute atomic E-state index is 0.342. The zero-order chi connectivity index (χ0) is 8.10. The highest BCUT2D eigenvalue weighted by Gasteiger charge is 2.01. The molecule has 0 amide bonds. The van der Waals surface area contributed by atoms with Crippen molar-refractivity contribution in [2.45, 2.75) is 6.92 Å². The van der Waals surface area contributed by atoms with Crippen LogP contribution < -0.4 is 9.62 Å². The molecule has 3 heteroatoms. The molecule has 0 bridgehead atoms. The third kappa shape index (κ3) is 1.85. The van der Waals surface area contributed by atoms with Crippen molar-refractivity contribution >= 4 is 0 Å². The second-order valence-corrected chi connectivity index (χ2v) is 1.97. The van der Waals surface area contributed by atoms with E-state index in [2.05, 4.69) is 4.89 Å². The highest BCUT2D eigenvalue weighted by Crippen LogP contribution is 2.25. The summed E-state index contributed by atoms with van der Waals surface area (Å²) in [5.41, 5.74) is 0. The Morgan fingerprint density at radius 3 is 2.45 bits per heavy atom. The number of hydrogen-bond acceptors (Lipinski definition) is 3. The maximum absolute atomic E-state index is 8.37. The number of para-hydroxylation sites is 2. The molecule has 1 aromatic rings. The standard InChI is InChI=1S/C8H10O3/c1-2-10-7-5-3-4-6-8(7)11-9/h3-6,9H,2H2,1H3. The van der Waals surface area contributed by atoms with Gasteiger partial charge in [-0.25, -0.2) is 5.26 Å². The van der Waals surface area contributed by atoms with E-state index in [0.29, 0.717) is 18.1 Å². The summed E-state index contributed by atoms with van der Waals surface area (Å²) in [7, 11) is 0. The van der Waals surface area contributed by atoms with Crippen LogP contribution in [0.2, 0.25) is 0 Å². The van der Waals surface area contributed by atoms with Gasteiger partial charge in [0.1, 0.15) is 0 Å². The first-order chi connectivity index (χ1) is 5.38. The Bertz CT molecular complexity index is 222. The summed E-state index contributed by atoms with van der Waals surface area (Å²) in [6, 6.07) is 6.93. The average molecular weight is 154 g/mol. The van der Waals surface area contributed by atoms with Crippen LogP contribution in [0.15, 0.2) is 24.3 Å². The van der Waals surface area contributed by atoms with Crippen LogP contribution >= 0.6 is 0 Å². The molecule has 0 saturated heterocycles. The minimum atomic E-state index is 0.342. The molecule has 1 aromatic carbocycles. The van der Waals surface area contributed by atoms with E-state index in [4.69, 9.17) is 9.99 Å². The van der Waals surface area contributed by atoms with Crippen LogP contribution in [-0.4, -0.2) is 11.9 Å². The van der Waals surface area contributed by atoms with Gasteiger partial charge in [-0.3, -0.25) is 0 Å². The summed E-state index contributed by atoms with van der Waals surface area (Å²) in [6.07, 6.45) is 0. The SMILES string of the molecule is CCOc1ccccc1OO. The van der Waals surface area contributed by atoms with E-state index >= 15 is 0 Å². The summed E-state index contributed by atoms with van der Waals surface area (Å²) in [6.45, 7) is 2.43. The molecule has 1 rings (SSSR count). The van der Waals surface area contributed by atoms with E-state index in [1.165, 1.54) is 0 Å². The van der Waals surface area contributed by atoms with Gasteiger partial charge >= 0.3 is 0 Å². The van der Waals surface area contributed by atoms with E-state index in [0.717, 1.165) is 0 Å². The van der Waals surface area contributed by atoms with Gasteiger partial charge in [-0.1, -0.05) is 12.1 Å². The van der Waals surface area contributed by atoms with Crippen molar-refractivity contribution in [3.63, 3.8) is 0 Å². The number of rotatable bonds is 3. The van der Waals surface area contributed by atoms with E-state index in [-0.39, 0.29) is 0 Å². The Hall–Kier alpha value is -1.22. The summed E-state index contributed by atoms with van der Waals surface area (Å²) < 4.78 is 5.14. The highest BCUT2D eigenvalue weighted by atomic mass is 17.1. The fourth-order valence-electron chi connectivity index (χ4n) is 0.800. The highest BCUT2D eigenvalue weighted by molar-refractivity contribution is 5.38. The number of benzene rings is 1. The van der Waals surface area contributed by atoms with Crippen LogP contribution in [0.25, 0.3) is 0 Å². The molecular weight excluding hydrogens is 144 g/mol. The van der Waals surface area contributed by atoms with Gasteiger partial charge in [0.2, 0.25) is 5.75 Å². The zero-order valence-corrected chi connectivity index (χ0v) is 6.28. The lowest BCUT2D eigenvalue weighted by molar-refractivity contribution is -0.139. The van der Waals surface area contributed by atoms with Crippen molar-refractivity contribution in [1.29, 1.82) is 0 Å². The molecule has 11 heavy (non-hydrogen) atoms. The largest absolute Gasteiger partial charge is 0.490 e. The van der Waals surface area contributed by atoms with Gasteiger partial charge in [0.25, 0.3) is 0 Å². The molecule has 0 aromatic heterocycles. The molecule has 0 aliphatic heterocycles. The molecule has 0 spiro atoms. The summed E-state index contributed by atoms with van der Waals surface area (Å²) in [4.78, 5) is 4.07. The topological polar surface area (TPSA) is 38.7 Å². The van der Waals surface area contributed by atoms with Crippen LogP contribution in [0, 0.1) is 0 Å². The summed E-state index contributed by atoms with van der Waals surface area (Å²) in [5.74, 6) is 0.895. The third-order valence-corrected chi connectivity index (χ3v) is 1.25. The van der Waals surface area contributed by atoms with E-state index < -0.39 is 0 Å². The Morgan fingerprint density at radius 1 is 1.27 bits per heavy atom. The van der Waals surface area contributed by atoms with Gasteiger partial charge in [0.05, 0.1) is 6.61 Å². The van der Waals surface area contributed by atoms with Crippen LogP contribution in [0.5, 0.6) is 11.5 Å². The molecular formula is C8H10O3. The smallest absolute Gasteiger partial charge is 0.206 e. The van der Waals surface area contributed by atoms with Crippen LogP contribution in [0.4, 0.5) is 0 Å². The quantitative estimate of drug-likeness (QED) is 0.534. The van der Waals surface area contributed by atoms with Crippen molar-refractivity contribution in [2.24, 2.45) is 0 Å². The van der Waals surface area contributed by atoms with Gasteiger partial charge in [0.15, 0.2) is 5.75 Å². The van der Waals surface area contributed by atoms with Crippen molar-refractivity contribution in [3.8, 4) is 11.5 Å². The zero-order valence-electron chi connectivity index (χ0n) is 6.28. The lowest BCUT2D eigenvalue weighted by Crippen LogP contribution is -1.94. The van der Waals surface area contributed by atoms with Crippen LogP contribution in [-0.2, 0) is 0 Å². The molecule has 0 heterocycles. The van der Waals surface area contributed by atoms with E-state index in [1.807, 2.05) is 13.0 Å². The monoisotopic (exact) mass is 154 g/mol. The molecule has 0 radical (unpaired) electrons. The maximum Gasteiger partial charge on any atom is 0.206 e. The molecule has 1 N–H and O–H groups in total. The normalized spacial score (nSPS) is 9.27. The number of ether oxygens (including phenoxy) is 1.